The van der Waals surface area contributed by atoms with Gasteiger partial charge in [-0.05, 0) is 63.9 Å². The second-order valence-corrected chi connectivity index (χ2v) is 10.3. The molecule has 39 heavy (non-hydrogen) atoms. The molecule has 0 heterocycles. The lowest BCUT2D eigenvalue weighted by Crippen LogP contribution is -2.26. The molecule has 0 saturated heterocycles. The van der Waals surface area contributed by atoms with E-state index in [9.17, 15) is 14.7 Å². The number of hydrogen-bond donors (Lipinski definition) is 1. The van der Waals surface area contributed by atoms with Crippen molar-refractivity contribution in [3.63, 3.8) is 0 Å². The molecule has 0 saturated carbocycles. The number of carbonyl (C=O) groups excluding carboxylic acids is 2. The second kappa shape index (κ2) is 17.4. The van der Waals surface area contributed by atoms with Crippen LogP contribution in [0.25, 0.3) is 11.6 Å². The molecule has 0 amide bonds. The van der Waals surface area contributed by atoms with Crippen LogP contribution in [0.1, 0.15) is 111 Å². The van der Waals surface area contributed by atoms with E-state index in [-0.39, 0.29) is 28.8 Å². The van der Waals surface area contributed by atoms with Crippen molar-refractivity contribution in [2.75, 3.05) is 19.6 Å². The summed E-state index contributed by atoms with van der Waals surface area (Å²) in [5.74, 6) is -0.899. The summed E-state index contributed by atoms with van der Waals surface area (Å²) in [7, 11) is 0. The summed E-state index contributed by atoms with van der Waals surface area (Å²) in [6, 6.07) is 12.2. The normalized spacial score (nSPS) is 12.0. The van der Waals surface area contributed by atoms with Gasteiger partial charge in [-0.2, -0.15) is 0 Å². The molecule has 0 spiro atoms. The largest absolute Gasteiger partial charge is 0.507 e. The smallest absolute Gasteiger partial charge is 0.339 e. The molecule has 5 nitrogen and oxygen atoms in total. The van der Waals surface area contributed by atoms with E-state index in [4.69, 9.17) is 4.74 Å². The molecule has 5 heteroatoms. The van der Waals surface area contributed by atoms with E-state index < -0.39 is 5.97 Å². The van der Waals surface area contributed by atoms with Crippen molar-refractivity contribution in [2.24, 2.45) is 0 Å². The fourth-order valence-electron chi connectivity index (χ4n) is 4.33. The number of ether oxygens (including phenoxy) is 1. The van der Waals surface area contributed by atoms with Gasteiger partial charge in [0.1, 0.15) is 5.75 Å². The number of nitrogens with zero attached hydrogens (tertiary/aromatic N) is 1. The van der Waals surface area contributed by atoms with Crippen LogP contribution in [0, 0.1) is 0 Å². The molecule has 0 fully saturated rings. The van der Waals surface area contributed by atoms with Crippen LogP contribution in [0.5, 0.6) is 5.75 Å². The van der Waals surface area contributed by atoms with E-state index in [1.165, 1.54) is 31.7 Å². The minimum Gasteiger partial charge on any atom is -0.507 e. The van der Waals surface area contributed by atoms with Crippen LogP contribution < -0.4 is 0 Å². The summed E-state index contributed by atoms with van der Waals surface area (Å²) < 4.78 is 5.41. The molecule has 0 aromatic heterocycles. The van der Waals surface area contributed by atoms with E-state index in [1.807, 2.05) is 30.3 Å². The van der Waals surface area contributed by atoms with Crippen molar-refractivity contribution in [2.45, 2.75) is 85.7 Å². The first-order valence-corrected chi connectivity index (χ1v) is 14.6. The highest BCUT2D eigenvalue weighted by Gasteiger charge is 2.24. The van der Waals surface area contributed by atoms with Crippen molar-refractivity contribution < 1.29 is 19.4 Å². The number of phenolic OH excluding ortho intramolecular Hbond substituents is 1. The Morgan fingerprint density at radius 3 is 2.15 bits per heavy atom. The molecular formula is C34H47NO4. The number of Topliss-reactive ketones (excluding diaryl/α,β-unsaturated/α-hetero) is 1. The number of hydrogen-bond acceptors (Lipinski definition) is 5. The van der Waals surface area contributed by atoms with Gasteiger partial charge in [-0.25, -0.2) is 4.79 Å². The second-order valence-electron chi connectivity index (χ2n) is 10.3. The highest BCUT2D eigenvalue weighted by molar-refractivity contribution is 6.30. The fraction of sp³-hybridized carbons (Fsp3) is 0.471. The lowest BCUT2D eigenvalue weighted by molar-refractivity contribution is 0.0377. The van der Waals surface area contributed by atoms with Crippen molar-refractivity contribution in [3.8, 4) is 5.75 Å². The molecule has 0 unspecified atom stereocenters. The highest BCUT2D eigenvalue weighted by atomic mass is 16.5. The van der Waals surface area contributed by atoms with E-state index in [2.05, 4.69) is 37.8 Å². The van der Waals surface area contributed by atoms with Crippen LogP contribution in [0.15, 0.2) is 54.6 Å². The van der Waals surface area contributed by atoms with Gasteiger partial charge in [-0.15, -0.1) is 0 Å². The standard InChI is InChI=1S/C34H47NO4/c1-6-9-12-16-29(32-30(17-13-18-31(32)36)34(38)39-26(4)5)33(37)28-21-19-27(20-22-28)15-14-25-35(23-10-7-2)24-11-8-3/h13-22,26,36H,6-12,23-25H2,1-5H3/b15-14+,29-16-. The number of esters is 1. The lowest BCUT2D eigenvalue weighted by atomic mass is 9.90. The molecule has 0 aliphatic rings. The number of benzene rings is 2. The van der Waals surface area contributed by atoms with Gasteiger partial charge in [0.25, 0.3) is 0 Å². The van der Waals surface area contributed by atoms with Crippen LogP contribution in [-0.2, 0) is 4.74 Å². The van der Waals surface area contributed by atoms with Gasteiger partial charge in [0.2, 0.25) is 0 Å². The number of rotatable bonds is 17. The van der Waals surface area contributed by atoms with Gasteiger partial charge < -0.3 is 9.84 Å². The van der Waals surface area contributed by atoms with Gasteiger partial charge in [-0.1, -0.05) is 95.0 Å². The zero-order valence-electron chi connectivity index (χ0n) is 24.5. The maximum atomic E-state index is 13.7. The third-order valence-corrected chi connectivity index (χ3v) is 6.53. The summed E-state index contributed by atoms with van der Waals surface area (Å²) in [4.78, 5) is 29.1. The summed E-state index contributed by atoms with van der Waals surface area (Å²) in [6.07, 6.45) is 13.1. The summed E-state index contributed by atoms with van der Waals surface area (Å²) in [6.45, 7) is 13.2. The molecule has 0 aliphatic carbocycles. The number of unbranched alkanes of at least 4 members (excludes halogenated alkanes) is 4. The molecule has 2 aromatic rings. The van der Waals surface area contributed by atoms with E-state index in [0.29, 0.717) is 17.6 Å². The van der Waals surface area contributed by atoms with Crippen LogP contribution in [0.3, 0.4) is 0 Å². The molecule has 212 valence electrons. The average molecular weight is 534 g/mol. The summed E-state index contributed by atoms with van der Waals surface area (Å²) in [5.41, 5.74) is 2.28. The Morgan fingerprint density at radius 2 is 1.56 bits per heavy atom. The third kappa shape index (κ3) is 10.5. The Labute approximate surface area is 235 Å². The molecule has 0 atom stereocenters. The number of phenols is 1. The van der Waals surface area contributed by atoms with Gasteiger partial charge in [0, 0.05) is 23.2 Å². The topological polar surface area (TPSA) is 66.8 Å². The van der Waals surface area contributed by atoms with Gasteiger partial charge in [0.15, 0.2) is 5.78 Å². The Balaban J connectivity index is 2.30. The number of aromatic hydroxyl groups is 1. The number of allylic oxidation sites excluding steroid dienone is 2. The van der Waals surface area contributed by atoms with Gasteiger partial charge in [0.05, 0.1) is 11.7 Å². The van der Waals surface area contributed by atoms with Crippen molar-refractivity contribution in [3.05, 3.63) is 76.9 Å². The van der Waals surface area contributed by atoms with E-state index in [1.54, 1.807) is 26.0 Å². The Hall–Kier alpha value is -3.18. The Bertz CT molecular complexity index is 1090. The average Bonchev–Trinajstić information content (AvgIpc) is 2.92. The quantitative estimate of drug-likeness (QED) is 0.0958. The predicted octanol–water partition coefficient (Wildman–Crippen LogP) is 8.33. The molecule has 1 N–H and O–H groups in total. The third-order valence-electron chi connectivity index (χ3n) is 6.53. The van der Waals surface area contributed by atoms with E-state index in [0.717, 1.165) is 38.0 Å². The Morgan fingerprint density at radius 1 is 0.923 bits per heavy atom. The number of carbonyl (C=O) groups is 2. The molecule has 2 rings (SSSR count). The molecule has 2 aromatic carbocycles. The van der Waals surface area contributed by atoms with Crippen LogP contribution in [0.2, 0.25) is 0 Å². The lowest BCUT2D eigenvalue weighted by Gasteiger charge is -2.19. The summed E-state index contributed by atoms with van der Waals surface area (Å²) in [5, 5.41) is 10.8. The first-order valence-electron chi connectivity index (χ1n) is 14.6. The maximum absolute atomic E-state index is 13.7. The van der Waals surface area contributed by atoms with Crippen LogP contribution in [0.4, 0.5) is 0 Å². The zero-order chi connectivity index (χ0) is 28.6. The van der Waals surface area contributed by atoms with E-state index >= 15 is 0 Å². The predicted molar refractivity (Wildman–Crippen MR) is 162 cm³/mol. The molecular weight excluding hydrogens is 486 g/mol. The van der Waals surface area contributed by atoms with Crippen LogP contribution in [-0.4, -0.2) is 47.5 Å². The first-order chi connectivity index (χ1) is 18.8. The maximum Gasteiger partial charge on any atom is 0.339 e. The van der Waals surface area contributed by atoms with Crippen molar-refractivity contribution >= 4 is 23.4 Å². The minimum atomic E-state index is -0.558. The highest BCUT2D eigenvalue weighted by Crippen LogP contribution is 2.33. The monoisotopic (exact) mass is 533 g/mol. The molecule has 0 radical (unpaired) electrons. The fourth-order valence-corrected chi connectivity index (χ4v) is 4.33. The van der Waals surface area contributed by atoms with Crippen LogP contribution >= 0.6 is 0 Å². The SMILES string of the molecule is CCCC/C=C(\C(=O)c1ccc(/C=C/CN(CCCC)CCCC)cc1)c1c(O)cccc1C(=O)OC(C)C. The first kappa shape index (κ1) is 32.0. The van der Waals surface area contributed by atoms with Crippen molar-refractivity contribution in [1.29, 1.82) is 0 Å². The van der Waals surface area contributed by atoms with Crippen molar-refractivity contribution in [1.82, 2.24) is 4.90 Å². The zero-order valence-corrected chi connectivity index (χ0v) is 24.5. The Kier molecular flexibility index (Phi) is 14.3. The van der Waals surface area contributed by atoms with Gasteiger partial charge >= 0.3 is 5.97 Å². The van der Waals surface area contributed by atoms with Gasteiger partial charge in [-0.3, -0.25) is 9.69 Å². The number of ketones is 1. The minimum absolute atomic E-state index is 0.112. The molecule has 0 aliphatic heterocycles. The summed E-state index contributed by atoms with van der Waals surface area (Å²) >= 11 is 0. The molecule has 0 bridgehead atoms.